The van der Waals surface area contributed by atoms with Crippen molar-refractivity contribution >= 4 is 45.5 Å². The van der Waals surface area contributed by atoms with Crippen LogP contribution in [0.4, 0.5) is 11.4 Å². The van der Waals surface area contributed by atoms with Crippen LogP contribution in [0.25, 0.3) is 11.1 Å². The van der Waals surface area contributed by atoms with Crippen LogP contribution in [0.3, 0.4) is 0 Å². The maximum absolute atomic E-state index is 13.3. The van der Waals surface area contributed by atoms with E-state index in [1.807, 2.05) is 50.2 Å². The largest absolute Gasteiger partial charge is 0.617 e. The molecule has 0 bridgehead atoms. The summed E-state index contributed by atoms with van der Waals surface area (Å²) in [5.74, 6) is 1.37. The number of carbonyl (C=O) groups is 2. The first-order valence-corrected chi connectivity index (χ1v) is 19.4. The number of nitrogens with one attached hydrogen (secondary N) is 4. The lowest BCUT2D eigenvalue weighted by Crippen LogP contribution is -2.22. The van der Waals surface area contributed by atoms with Crippen LogP contribution >= 0.6 is 0 Å². The van der Waals surface area contributed by atoms with E-state index < -0.39 is 22.4 Å². The average Bonchev–Trinajstić information content (AvgIpc) is 3.10. The summed E-state index contributed by atoms with van der Waals surface area (Å²) in [7, 11) is 3.08. The standard InChI is InChI=1S/C36H44N6O6S2/c1-23-27(9-7-11-29(23)41-35(43)31-17-33(47-3)25(21-39-31)19-37-13-15-49(5)45)28-10-8-12-30(24(28)2)42-36(44)32-18-34(48-4)26(22-40-32)20-38-14-16-50(6)46/h7-12,17-18,21-22,37-38H,13-16,19-20H2,1-6H3,(H,41,43)(H,42,44). The van der Waals surface area contributed by atoms with Gasteiger partial charge >= 0.3 is 0 Å². The molecular formula is C36H44N6O6S2. The lowest BCUT2D eigenvalue weighted by Gasteiger charge is -2.17. The molecule has 50 heavy (non-hydrogen) atoms. The van der Waals surface area contributed by atoms with Crippen LogP contribution < -0.4 is 30.7 Å². The zero-order chi connectivity index (χ0) is 36.2. The minimum atomic E-state index is -0.885. The highest BCUT2D eigenvalue weighted by Crippen LogP contribution is 2.34. The molecule has 0 radical (unpaired) electrons. The Hall–Kier alpha value is -4.18. The van der Waals surface area contributed by atoms with Gasteiger partial charge in [-0.1, -0.05) is 46.6 Å². The average molecular weight is 721 g/mol. The molecule has 0 aliphatic rings. The Morgan fingerprint density at radius 1 is 0.700 bits per heavy atom. The highest BCUT2D eigenvalue weighted by Gasteiger charge is 2.18. The van der Waals surface area contributed by atoms with Gasteiger partial charge in [-0.25, -0.2) is 0 Å². The molecule has 4 aromatic rings. The number of benzene rings is 2. The number of hydrogen-bond donors (Lipinski definition) is 4. The molecule has 0 fully saturated rings. The third-order valence-corrected chi connectivity index (χ3v) is 9.57. The Morgan fingerprint density at radius 3 is 1.46 bits per heavy atom. The van der Waals surface area contributed by atoms with Crippen molar-refractivity contribution in [1.29, 1.82) is 0 Å². The molecule has 14 heteroatoms. The van der Waals surface area contributed by atoms with Gasteiger partial charge in [0.25, 0.3) is 11.8 Å². The van der Waals surface area contributed by atoms with E-state index in [1.54, 1.807) is 37.0 Å². The summed E-state index contributed by atoms with van der Waals surface area (Å²) in [6.45, 7) is 5.96. The predicted octanol–water partition coefficient (Wildman–Crippen LogP) is 4.22. The topological polar surface area (TPSA) is 173 Å². The van der Waals surface area contributed by atoms with Gasteiger partial charge < -0.3 is 39.8 Å². The lowest BCUT2D eigenvalue weighted by atomic mass is 9.94. The van der Waals surface area contributed by atoms with Crippen LogP contribution in [-0.2, 0) is 35.4 Å². The fourth-order valence-electron chi connectivity index (χ4n) is 5.20. The number of aromatic nitrogens is 2. The van der Waals surface area contributed by atoms with Gasteiger partial charge in [-0.05, 0) is 48.2 Å². The van der Waals surface area contributed by atoms with Gasteiger partial charge in [0.1, 0.15) is 34.4 Å². The van der Waals surface area contributed by atoms with Crippen molar-refractivity contribution in [3.05, 3.63) is 94.6 Å². The number of carbonyl (C=O) groups excluding carboxylic acids is 2. The zero-order valence-corrected chi connectivity index (χ0v) is 30.8. The number of hydrogen-bond acceptors (Lipinski definition) is 10. The number of anilines is 2. The van der Waals surface area contributed by atoms with E-state index in [9.17, 15) is 18.7 Å². The zero-order valence-electron chi connectivity index (χ0n) is 29.2. The summed E-state index contributed by atoms with van der Waals surface area (Å²) in [6, 6.07) is 14.5. The molecular weight excluding hydrogens is 677 g/mol. The third-order valence-electron chi connectivity index (χ3n) is 8.01. The molecule has 2 atom stereocenters. The fourth-order valence-corrected chi connectivity index (χ4v) is 6.06. The normalized spacial score (nSPS) is 12.2. The monoisotopic (exact) mass is 720 g/mol. The Labute approximate surface area is 299 Å². The number of nitrogens with zero attached hydrogens (tertiary/aromatic N) is 2. The van der Waals surface area contributed by atoms with Crippen molar-refractivity contribution in [3.8, 4) is 22.6 Å². The fraction of sp³-hybridized carbons (Fsp3) is 0.333. The first kappa shape index (κ1) is 38.6. The SMILES string of the molecule is COc1cc(C(=O)Nc2cccc(-c3cccc(NC(=O)c4cc(OC)c(CNCC[S+](C)[O-])cn4)c3C)c2C)ncc1CNCC[S+](C)[O-]. The predicted molar refractivity (Wildman–Crippen MR) is 200 cm³/mol. The summed E-state index contributed by atoms with van der Waals surface area (Å²) >= 11 is -1.77. The molecule has 266 valence electrons. The third kappa shape index (κ3) is 10.4. The van der Waals surface area contributed by atoms with E-state index in [0.717, 1.165) is 33.4 Å². The molecule has 12 nitrogen and oxygen atoms in total. The summed E-state index contributed by atoms with van der Waals surface area (Å²) in [4.78, 5) is 35.3. The summed E-state index contributed by atoms with van der Waals surface area (Å²) in [5, 5.41) is 12.4. The molecule has 4 N–H and O–H groups in total. The van der Waals surface area contributed by atoms with Crippen molar-refractivity contribution in [2.45, 2.75) is 26.9 Å². The molecule has 4 rings (SSSR count). The number of ether oxygens (including phenoxy) is 2. The van der Waals surface area contributed by atoms with Crippen LogP contribution in [0.5, 0.6) is 11.5 Å². The number of rotatable bonds is 17. The van der Waals surface area contributed by atoms with Crippen LogP contribution in [0, 0.1) is 13.8 Å². The van der Waals surface area contributed by atoms with Crippen LogP contribution in [0.15, 0.2) is 60.9 Å². The summed E-state index contributed by atoms with van der Waals surface area (Å²) < 4.78 is 33.7. The van der Waals surface area contributed by atoms with Gasteiger partial charge in [-0.15, -0.1) is 0 Å². The Bertz CT molecular complexity index is 1660. The van der Waals surface area contributed by atoms with Crippen molar-refractivity contribution in [2.24, 2.45) is 0 Å². The highest BCUT2D eigenvalue weighted by molar-refractivity contribution is 7.90. The Morgan fingerprint density at radius 2 is 1.10 bits per heavy atom. The van der Waals surface area contributed by atoms with E-state index in [0.29, 0.717) is 60.6 Å². The van der Waals surface area contributed by atoms with E-state index >= 15 is 0 Å². The van der Waals surface area contributed by atoms with Crippen molar-refractivity contribution in [2.75, 3.05) is 62.0 Å². The summed E-state index contributed by atoms with van der Waals surface area (Å²) in [5.41, 5.74) is 6.68. The van der Waals surface area contributed by atoms with Gasteiger partial charge in [0, 0.05) is 73.2 Å². The molecule has 2 heterocycles. The number of amides is 2. The minimum absolute atomic E-state index is 0.203. The quantitative estimate of drug-likeness (QED) is 0.0915. The molecule has 0 aliphatic heterocycles. The first-order valence-electron chi connectivity index (χ1n) is 15.9. The van der Waals surface area contributed by atoms with Crippen molar-refractivity contribution < 1.29 is 28.2 Å². The second kappa shape index (κ2) is 18.7. The second-order valence-corrected chi connectivity index (χ2v) is 14.6. The van der Waals surface area contributed by atoms with E-state index in [-0.39, 0.29) is 23.2 Å². The molecule has 0 spiro atoms. The Balaban J connectivity index is 1.48. The van der Waals surface area contributed by atoms with Crippen molar-refractivity contribution in [1.82, 2.24) is 20.6 Å². The first-order chi connectivity index (χ1) is 24.0. The van der Waals surface area contributed by atoms with Gasteiger partial charge in [-0.2, -0.15) is 0 Å². The van der Waals surface area contributed by atoms with Gasteiger partial charge in [-0.3, -0.25) is 19.6 Å². The smallest absolute Gasteiger partial charge is 0.274 e. The lowest BCUT2D eigenvalue weighted by molar-refractivity contribution is 0.101. The maximum Gasteiger partial charge on any atom is 0.274 e. The van der Waals surface area contributed by atoms with E-state index in [4.69, 9.17) is 9.47 Å². The molecule has 0 aliphatic carbocycles. The molecule has 0 saturated heterocycles. The van der Waals surface area contributed by atoms with Crippen LogP contribution in [0.2, 0.25) is 0 Å². The molecule has 2 aromatic carbocycles. The molecule has 0 saturated carbocycles. The molecule has 2 unspecified atom stereocenters. The van der Waals surface area contributed by atoms with Gasteiger partial charge in [0.15, 0.2) is 0 Å². The molecule has 2 amide bonds. The van der Waals surface area contributed by atoms with Crippen molar-refractivity contribution in [3.63, 3.8) is 0 Å². The van der Waals surface area contributed by atoms with E-state index in [2.05, 4.69) is 31.2 Å². The second-order valence-electron chi connectivity index (χ2n) is 11.5. The van der Waals surface area contributed by atoms with Crippen LogP contribution in [0.1, 0.15) is 43.2 Å². The van der Waals surface area contributed by atoms with Crippen LogP contribution in [-0.4, -0.2) is 82.2 Å². The van der Waals surface area contributed by atoms with E-state index in [1.165, 1.54) is 14.2 Å². The highest BCUT2D eigenvalue weighted by atomic mass is 32.2. The summed E-state index contributed by atoms with van der Waals surface area (Å²) in [6.07, 6.45) is 6.53. The number of pyridine rings is 2. The maximum atomic E-state index is 13.3. The van der Waals surface area contributed by atoms with Gasteiger partial charge in [0.05, 0.1) is 26.7 Å². The molecule has 2 aromatic heterocycles. The number of methoxy groups -OCH3 is 2. The minimum Gasteiger partial charge on any atom is -0.617 e. The Kier molecular flexibility index (Phi) is 14.5. The van der Waals surface area contributed by atoms with Gasteiger partial charge in [0.2, 0.25) is 0 Å².